The number of aliphatic hydroxyl groups is 1. The molecule has 0 aliphatic rings. The van der Waals surface area contributed by atoms with Gasteiger partial charge in [0.2, 0.25) is 0 Å². The van der Waals surface area contributed by atoms with Crippen LogP contribution in [-0.4, -0.2) is 28.2 Å². The van der Waals surface area contributed by atoms with Crippen molar-refractivity contribution in [3.8, 4) is 11.1 Å². The summed E-state index contributed by atoms with van der Waals surface area (Å²) >= 11 is 0. The third kappa shape index (κ3) is 3.16. The second-order valence-corrected chi connectivity index (χ2v) is 5.15. The van der Waals surface area contributed by atoms with Crippen LogP contribution in [0.4, 0.5) is 19.0 Å². The van der Waals surface area contributed by atoms with E-state index in [2.05, 4.69) is 15.3 Å². The zero-order valence-corrected chi connectivity index (χ0v) is 12.5. The van der Waals surface area contributed by atoms with Crippen LogP contribution in [0.15, 0.2) is 48.8 Å². The fourth-order valence-electron chi connectivity index (χ4n) is 2.44. The molecule has 0 atom stereocenters. The molecule has 3 rings (SSSR count). The number of aliphatic hydroxyl groups excluding tert-OH is 1. The van der Waals surface area contributed by atoms with E-state index in [9.17, 15) is 13.2 Å². The molecule has 1 aromatic carbocycles. The van der Waals surface area contributed by atoms with Crippen LogP contribution in [0.5, 0.6) is 0 Å². The fourth-order valence-corrected chi connectivity index (χ4v) is 2.44. The number of rotatable bonds is 4. The van der Waals surface area contributed by atoms with Gasteiger partial charge in [-0.05, 0) is 23.8 Å². The average molecular weight is 333 g/mol. The number of hydrogen-bond acceptors (Lipinski definition) is 4. The molecule has 0 amide bonds. The third-order valence-corrected chi connectivity index (χ3v) is 3.57. The van der Waals surface area contributed by atoms with E-state index in [-0.39, 0.29) is 6.61 Å². The Morgan fingerprint density at radius 2 is 1.79 bits per heavy atom. The topological polar surface area (TPSA) is 58.0 Å². The predicted octanol–water partition coefficient (Wildman–Crippen LogP) is 3.72. The Labute approximate surface area is 136 Å². The van der Waals surface area contributed by atoms with Crippen molar-refractivity contribution in [1.29, 1.82) is 0 Å². The molecular weight excluding hydrogens is 319 g/mol. The molecule has 24 heavy (non-hydrogen) atoms. The van der Waals surface area contributed by atoms with Crippen molar-refractivity contribution in [3.63, 3.8) is 0 Å². The average Bonchev–Trinajstić information content (AvgIpc) is 2.59. The highest BCUT2D eigenvalue weighted by molar-refractivity contribution is 5.99. The summed E-state index contributed by atoms with van der Waals surface area (Å²) in [5.74, 6) is 0.523. The minimum atomic E-state index is -4.36. The van der Waals surface area contributed by atoms with Gasteiger partial charge in [-0.25, -0.2) is 4.98 Å². The van der Waals surface area contributed by atoms with Crippen LogP contribution in [0.2, 0.25) is 0 Å². The Bertz CT molecular complexity index is 848. The van der Waals surface area contributed by atoms with Gasteiger partial charge in [0.05, 0.1) is 12.2 Å². The number of nitrogens with one attached hydrogen (secondary N) is 1. The summed E-state index contributed by atoms with van der Waals surface area (Å²) in [5, 5.41) is 12.7. The first-order chi connectivity index (χ1) is 11.5. The van der Waals surface area contributed by atoms with E-state index in [1.165, 1.54) is 12.1 Å². The molecule has 0 fully saturated rings. The molecule has 3 aromatic rings. The van der Waals surface area contributed by atoms with Crippen LogP contribution in [0.3, 0.4) is 0 Å². The Morgan fingerprint density at radius 3 is 2.46 bits per heavy atom. The van der Waals surface area contributed by atoms with Gasteiger partial charge in [-0.2, -0.15) is 13.2 Å². The summed E-state index contributed by atoms with van der Waals surface area (Å²) in [7, 11) is 0. The number of hydrogen-bond donors (Lipinski definition) is 2. The van der Waals surface area contributed by atoms with E-state index < -0.39 is 11.7 Å². The van der Waals surface area contributed by atoms with Gasteiger partial charge in [0.1, 0.15) is 5.52 Å². The quantitative estimate of drug-likeness (QED) is 0.764. The van der Waals surface area contributed by atoms with Crippen molar-refractivity contribution in [2.75, 3.05) is 18.5 Å². The molecule has 0 radical (unpaired) electrons. The Hall–Kier alpha value is -2.67. The van der Waals surface area contributed by atoms with Gasteiger partial charge >= 0.3 is 6.18 Å². The summed E-state index contributed by atoms with van der Waals surface area (Å²) in [6.45, 7) is 0.287. The largest absolute Gasteiger partial charge is 0.416 e. The standard InChI is InChI=1S/C17H14F3N3O/c18-17(19,20)12-5-3-11(4-6-12)14-10-23-16(22-8-9-24)15-13(14)2-1-7-21-15/h1-7,10,24H,8-9H2,(H,22,23). The van der Waals surface area contributed by atoms with Crippen molar-refractivity contribution >= 4 is 16.7 Å². The number of nitrogens with zero attached hydrogens (tertiary/aromatic N) is 2. The molecule has 4 nitrogen and oxygen atoms in total. The fraction of sp³-hybridized carbons (Fsp3) is 0.176. The van der Waals surface area contributed by atoms with Crippen LogP contribution >= 0.6 is 0 Å². The number of alkyl halides is 3. The van der Waals surface area contributed by atoms with Gasteiger partial charge in [-0.3, -0.25) is 4.98 Å². The van der Waals surface area contributed by atoms with E-state index in [0.29, 0.717) is 29.0 Å². The Morgan fingerprint density at radius 1 is 1.04 bits per heavy atom. The maximum atomic E-state index is 12.7. The predicted molar refractivity (Wildman–Crippen MR) is 85.6 cm³/mol. The minimum Gasteiger partial charge on any atom is -0.395 e. The summed E-state index contributed by atoms with van der Waals surface area (Å²) in [5.41, 5.74) is 1.23. The van der Waals surface area contributed by atoms with Crippen molar-refractivity contribution < 1.29 is 18.3 Å². The van der Waals surface area contributed by atoms with Gasteiger partial charge in [0, 0.05) is 29.9 Å². The number of fused-ring (bicyclic) bond motifs is 1. The normalized spacial score (nSPS) is 11.7. The highest BCUT2D eigenvalue weighted by Crippen LogP contribution is 2.33. The molecule has 0 saturated heterocycles. The Kier molecular flexibility index (Phi) is 4.35. The highest BCUT2D eigenvalue weighted by Gasteiger charge is 2.30. The molecule has 2 aromatic heterocycles. The van der Waals surface area contributed by atoms with Crippen molar-refractivity contribution in [2.24, 2.45) is 0 Å². The number of halogens is 3. The summed E-state index contributed by atoms with van der Waals surface area (Å²) < 4.78 is 38.1. The van der Waals surface area contributed by atoms with Crippen molar-refractivity contribution in [3.05, 3.63) is 54.4 Å². The van der Waals surface area contributed by atoms with Crippen LogP contribution in [-0.2, 0) is 6.18 Å². The lowest BCUT2D eigenvalue weighted by molar-refractivity contribution is -0.137. The molecule has 0 saturated carbocycles. The van der Waals surface area contributed by atoms with Crippen LogP contribution < -0.4 is 5.32 Å². The SMILES string of the molecule is OCCNc1ncc(-c2ccc(C(F)(F)F)cc2)c2cccnc12. The lowest BCUT2D eigenvalue weighted by Gasteiger charge is -2.12. The Balaban J connectivity index is 2.07. The summed E-state index contributed by atoms with van der Waals surface area (Å²) in [6, 6.07) is 8.54. The van der Waals surface area contributed by atoms with Gasteiger partial charge in [-0.1, -0.05) is 18.2 Å². The maximum absolute atomic E-state index is 12.7. The monoisotopic (exact) mass is 333 g/mol. The van der Waals surface area contributed by atoms with Gasteiger partial charge in [0.25, 0.3) is 0 Å². The van der Waals surface area contributed by atoms with Gasteiger partial charge in [0.15, 0.2) is 5.82 Å². The molecule has 2 heterocycles. The molecule has 0 unspecified atom stereocenters. The van der Waals surface area contributed by atoms with Crippen molar-refractivity contribution in [2.45, 2.75) is 6.18 Å². The lowest BCUT2D eigenvalue weighted by Crippen LogP contribution is -2.08. The lowest BCUT2D eigenvalue weighted by atomic mass is 10.0. The zero-order chi connectivity index (χ0) is 17.2. The van der Waals surface area contributed by atoms with Crippen LogP contribution in [0, 0.1) is 0 Å². The van der Waals surface area contributed by atoms with E-state index in [1.807, 2.05) is 6.07 Å². The zero-order valence-electron chi connectivity index (χ0n) is 12.5. The van der Waals surface area contributed by atoms with Crippen LogP contribution in [0.25, 0.3) is 22.0 Å². The van der Waals surface area contributed by atoms with Gasteiger partial charge < -0.3 is 10.4 Å². The first-order valence-corrected chi connectivity index (χ1v) is 7.27. The molecule has 0 bridgehead atoms. The maximum Gasteiger partial charge on any atom is 0.416 e. The second-order valence-electron chi connectivity index (χ2n) is 5.15. The van der Waals surface area contributed by atoms with E-state index in [4.69, 9.17) is 5.11 Å². The van der Waals surface area contributed by atoms with Crippen molar-refractivity contribution in [1.82, 2.24) is 9.97 Å². The van der Waals surface area contributed by atoms with E-state index in [0.717, 1.165) is 17.5 Å². The molecular formula is C17H14F3N3O. The molecule has 0 aliphatic carbocycles. The van der Waals surface area contributed by atoms with Gasteiger partial charge in [-0.15, -0.1) is 0 Å². The van der Waals surface area contributed by atoms with Crippen LogP contribution in [0.1, 0.15) is 5.56 Å². The molecule has 7 heteroatoms. The number of anilines is 1. The second kappa shape index (κ2) is 6.45. The van der Waals surface area contributed by atoms with E-state index >= 15 is 0 Å². The minimum absolute atomic E-state index is 0.0450. The number of aromatic nitrogens is 2. The molecule has 0 aliphatic heterocycles. The summed E-state index contributed by atoms with van der Waals surface area (Å²) in [4.78, 5) is 8.58. The van der Waals surface area contributed by atoms with E-state index in [1.54, 1.807) is 18.5 Å². The third-order valence-electron chi connectivity index (χ3n) is 3.57. The molecule has 0 spiro atoms. The molecule has 2 N–H and O–H groups in total. The number of benzene rings is 1. The molecule has 124 valence electrons. The smallest absolute Gasteiger partial charge is 0.395 e. The highest BCUT2D eigenvalue weighted by atomic mass is 19.4. The first-order valence-electron chi connectivity index (χ1n) is 7.27. The number of pyridine rings is 2. The summed E-state index contributed by atoms with van der Waals surface area (Å²) in [6.07, 6.45) is -1.16. The first kappa shape index (κ1) is 16.2.